The van der Waals surface area contributed by atoms with Crippen LogP contribution < -0.4 is 23.8 Å². The molecule has 0 heterocycles. The average Bonchev–Trinajstić information content (AvgIpc) is 2.90. The van der Waals surface area contributed by atoms with Gasteiger partial charge >= 0.3 is 19.5 Å². The molecule has 0 fully saturated rings. The van der Waals surface area contributed by atoms with Crippen LogP contribution in [0.1, 0.15) is 0 Å². The molecule has 0 amide bonds. The van der Waals surface area contributed by atoms with Crippen LogP contribution in [0.4, 0.5) is 0 Å². The van der Waals surface area contributed by atoms with Gasteiger partial charge < -0.3 is 18.5 Å². The average molecular weight is 535 g/mol. The molecule has 0 N–H and O–H groups in total. The van der Waals surface area contributed by atoms with Crippen molar-refractivity contribution in [2.75, 3.05) is 0 Å². The van der Waals surface area contributed by atoms with E-state index in [1.807, 2.05) is 0 Å². The highest BCUT2D eigenvalue weighted by atomic mass is 35.5. The maximum atomic E-state index is 14.6. The molecule has 186 valence electrons. The van der Waals surface area contributed by atoms with Crippen molar-refractivity contribution < 1.29 is 32.7 Å². The zero-order valence-corrected chi connectivity index (χ0v) is 21.0. The van der Waals surface area contributed by atoms with Gasteiger partial charge in [0.15, 0.2) is 5.75 Å². The van der Waals surface area contributed by atoms with Crippen LogP contribution in [0.25, 0.3) is 10.8 Å². The molecule has 0 saturated carbocycles. The Hall–Kier alpha value is -4.32. The number of para-hydroxylation sites is 2. The fourth-order valence-corrected chi connectivity index (χ4v) is 5.26. The summed E-state index contributed by atoms with van der Waals surface area (Å²) in [5.41, 5.74) is 0. The Morgan fingerprint density at radius 2 is 1.27 bits per heavy atom. The summed E-state index contributed by atoms with van der Waals surface area (Å²) in [5.74, 6) is -1.30. The van der Waals surface area contributed by atoms with Gasteiger partial charge in [-0.05, 0) is 42.5 Å². The third-order valence-electron chi connectivity index (χ3n) is 4.97. The number of hydrogen-bond donors (Lipinski definition) is 0. The molecule has 0 spiro atoms. The van der Waals surface area contributed by atoms with Gasteiger partial charge in [-0.1, -0.05) is 61.2 Å². The molecule has 9 heteroatoms. The smallest absolute Gasteiger partial charge is 0.423 e. The van der Waals surface area contributed by atoms with Crippen molar-refractivity contribution >= 4 is 47.2 Å². The SMILES string of the molecule is C=CC(=O)Oc1cc(P(=O)(Oc2ccccc2)Oc2ccccc2)c(OC(=O)C=C)c2ccc(Cl)cc12. The highest BCUT2D eigenvalue weighted by Gasteiger charge is 2.38. The Labute approximate surface area is 218 Å². The second-order valence-corrected chi connectivity index (χ2v) is 9.75. The van der Waals surface area contributed by atoms with Crippen molar-refractivity contribution in [3.05, 3.63) is 115 Å². The van der Waals surface area contributed by atoms with Crippen molar-refractivity contribution in [2.45, 2.75) is 0 Å². The van der Waals surface area contributed by atoms with E-state index in [0.29, 0.717) is 10.4 Å². The molecule has 0 saturated heterocycles. The molecule has 4 aromatic carbocycles. The monoisotopic (exact) mass is 534 g/mol. The van der Waals surface area contributed by atoms with Crippen LogP contribution >= 0.6 is 19.2 Å². The van der Waals surface area contributed by atoms with E-state index in [2.05, 4.69) is 13.2 Å². The zero-order chi connectivity index (χ0) is 26.4. The molecule has 37 heavy (non-hydrogen) atoms. The van der Waals surface area contributed by atoms with Crippen LogP contribution in [0.15, 0.2) is 110 Å². The lowest BCUT2D eigenvalue weighted by Crippen LogP contribution is -2.21. The van der Waals surface area contributed by atoms with Gasteiger partial charge in [0.05, 0.1) is 0 Å². The maximum absolute atomic E-state index is 14.6. The molecule has 0 radical (unpaired) electrons. The van der Waals surface area contributed by atoms with Gasteiger partial charge in [-0.25, -0.2) is 14.2 Å². The van der Waals surface area contributed by atoms with Crippen molar-refractivity contribution in [2.24, 2.45) is 0 Å². The van der Waals surface area contributed by atoms with Crippen molar-refractivity contribution in [1.82, 2.24) is 0 Å². The lowest BCUT2D eigenvalue weighted by Gasteiger charge is -2.23. The first-order valence-corrected chi connectivity index (χ1v) is 12.8. The van der Waals surface area contributed by atoms with E-state index in [4.69, 9.17) is 30.1 Å². The third kappa shape index (κ3) is 5.92. The Balaban J connectivity index is 2.03. The van der Waals surface area contributed by atoms with Crippen molar-refractivity contribution in [3.8, 4) is 23.0 Å². The quantitative estimate of drug-likeness (QED) is 0.103. The molecule has 0 aromatic heterocycles. The second kappa shape index (κ2) is 11.2. The predicted molar refractivity (Wildman–Crippen MR) is 142 cm³/mol. The van der Waals surface area contributed by atoms with Crippen LogP contribution in [0.2, 0.25) is 5.02 Å². The van der Waals surface area contributed by atoms with E-state index >= 15 is 0 Å². The highest BCUT2D eigenvalue weighted by molar-refractivity contribution is 7.63. The molecule has 0 aliphatic rings. The molecule has 0 unspecified atom stereocenters. The molecule has 0 aliphatic carbocycles. The minimum absolute atomic E-state index is 0.0237. The van der Waals surface area contributed by atoms with Gasteiger partial charge in [-0.15, -0.1) is 0 Å². The Kier molecular flexibility index (Phi) is 7.77. The molecule has 0 bridgehead atoms. The van der Waals surface area contributed by atoms with Gasteiger partial charge in [0.2, 0.25) is 0 Å². The van der Waals surface area contributed by atoms with Crippen LogP contribution in [0, 0.1) is 0 Å². The van der Waals surface area contributed by atoms with Gasteiger partial charge in [-0.3, -0.25) is 0 Å². The highest BCUT2D eigenvalue weighted by Crippen LogP contribution is 2.52. The van der Waals surface area contributed by atoms with Gasteiger partial charge in [0, 0.05) is 34.0 Å². The van der Waals surface area contributed by atoms with E-state index in [9.17, 15) is 14.2 Å². The number of benzene rings is 4. The first-order valence-electron chi connectivity index (χ1n) is 10.9. The predicted octanol–water partition coefficient (Wildman–Crippen LogP) is 6.65. The summed E-state index contributed by atoms with van der Waals surface area (Å²) in [4.78, 5) is 24.5. The molecule has 7 nitrogen and oxygen atoms in total. The zero-order valence-electron chi connectivity index (χ0n) is 19.3. The van der Waals surface area contributed by atoms with Crippen LogP contribution in [0.3, 0.4) is 0 Å². The van der Waals surface area contributed by atoms with Gasteiger partial charge in [0.25, 0.3) is 0 Å². The second-order valence-electron chi connectivity index (χ2n) is 7.47. The third-order valence-corrected chi connectivity index (χ3v) is 7.03. The summed E-state index contributed by atoms with van der Waals surface area (Å²) in [6.07, 6.45) is 1.93. The van der Waals surface area contributed by atoms with Crippen LogP contribution in [-0.2, 0) is 14.2 Å². The number of halogens is 1. The van der Waals surface area contributed by atoms with E-state index in [1.54, 1.807) is 66.7 Å². The molecular formula is C28H20ClO7P. The summed E-state index contributed by atoms with van der Waals surface area (Å²) in [5, 5.41) is 0.722. The van der Waals surface area contributed by atoms with Crippen molar-refractivity contribution in [3.63, 3.8) is 0 Å². The molecule has 0 aliphatic heterocycles. The fraction of sp³-hybridized carbons (Fsp3) is 0. The topological polar surface area (TPSA) is 88.1 Å². The van der Waals surface area contributed by atoms with Crippen LogP contribution in [0.5, 0.6) is 23.0 Å². The summed E-state index contributed by atoms with van der Waals surface area (Å²) in [6.45, 7) is 6.86. The number of hydrogen-bond acceptors (Lipinski definition) is 7. The lowest BCUT2D eigenvalue weighted by atomic mass is 10.1. The molecular weight excluding hydrogens is 515 g/mol. The van der Waals surface area contributed by atoms with E-state index < -0.39 is 19.5 Å². The molecule has 0 atom stereocenters. The number of esters is 2. The van der Waals surface area contributed by atoms with E-state index in [1.165, 1.54) is 18.2 Å². The minimum Gasteiger partial charge on any atom is -0.423 e. The molecule has 4 rings (SSSR count). The summed E-state index contributed by atoms with van der Waals surface area (Å²) in [7, 11) is -4.38. The maximum Gasteiger partial charge on any atom is 0.466 e. The van der Waals surface area contributed by atoms with E-state index in [0.717, 1.165) is 12.2 Å². The van der Waals surface area contributed by atoms with Crippen LogP contribution in [-0.4, -0.2) is 11.9 Å². The Morgan fingerprint density at radius 1 is 0.730 bits per heavy atom. The number of carbonyl (C=O) groups excluding carboxylic acids is 2. The van der Waals surface area contributed by atoms with Gasteiger partial charge in [0.1, 0.15) is 22.6 Å². The number of carbonyl (C=O) groups is 2. The standard InChI is InChI=1S/C28H20ClO7P/c1-3-26(30)33-24-18-25(28(34-27(31)4-2)22-16-15-19(29)17-23(22)24)37(32,35-20-11-7-5-8-12-20)36-21-13-9-6-10-14-21/h3-18H,1-2H2. The summed E-state index contributed by atoms with van der Waals surface area (Å²) >= 11 is 6.20. The number of rotatable bonds is 9. The first kappa shape index (κ1) is 25.8. The summed E-state index contributed by atoms with van der Waals surface area (Å²) in [6, 6.07) is 22.5. The Morgan fingerprint density at radius 3 is 1.81 bits per heavy atom. The number of fused-ring (bicyclic) bond motifs is 1. The van der Waals surface area contributed by atoms with E-state index in [-0.39, 0.29) is 33.7 Å². The largest absolute Gasteiger partial charge is 0.466 e. The first-order chi connectivity index (χ1) is 17.8. The summed E-state index contributed by atoms with van der Waals surface area (Å²) < 4.78 is 37.5. The number of ether oxygens (including phenoxy) is 2. The Bertz CT molecular complexity index is 1490. The lowest BCUT2D eigenvalue weighted by molar-refractivity contribution is -0.129. The van der Waals surface area contributed by atoms with Crippen molar-refractivity contribution in [1.29, 1.82) is 0 Å². The normalized spacial score (nSPS) is 10.8. The van der Waals surface area contributed by atoms with Gasteiger partial charge in [-0.2, -0.15) is 0 Å². The fourth-order valence-electron chi connectivity index (χ4n) is 3.37. The molecule has 4 aromatic rings. The minimum atomic E-state index is -4.38.